The summed E-state index contributed by atoms with van der Waals surface area (Å²) in [6, 6.07) is 7.56. The van der Waals surface area contributed by atoms with E-state index >= 15 is 0 Å². The second-order valence-electron chi connectivity index (χ2n) is 3.66. The number of aryl methyl sites for hydroxylation is 1. The number of alkyl halides is 2. The fourth-order valence-corrected chi connectivity index (χ4v) is 2.41. The van der Waals surface area contributed by atoms with Crippen LogP contribution in [0.15, 0.2) is 35.7 Å². The summed E-state index contributed by atoms with van der Waals surface area (Å²) >= 11 is 1.37. The molecule has 0 radical (unpaired) electrons. The van der Waals surface area contributed by atoms with Crippen molar-refractivity contribution in [3.63, 3.8) is 0 Å². The van der Waals surface area contributed by atoms with E-state index in [4.69, 9.17) is 0 Å². The maximum absolute atomic E-state index is 12.1. The molecule has 1 heterocycles. The van der Waals surface area contributed by atoms with Crippen molar-refractivity contribution in [3.8, 4) is 5.75 Å². The molecule has 2 rings (SSSR count). The van der Waals surface area contributed by atoms with Crippen LogP contribution in [-0.2, 0) is 0 Å². The first-order chi connectivity index (χ1) is 8.58. The maximum atomic E-state index is 12.1. The quantitative estimate of drug-likeness (QED) is 0.786. The first kappa shape index (κ1) is 12.7. The van der Waals surface area contributed by atoms with Crippen molar-refractivity contribution < 1.29 is 18.3 Å². The van der Waals surface area contributed by atoms with Crippen LogP contribution in [0.5, 0.6) is 5.75 Å². The van der Waals surface area contributed by atoms with Crippen molar-refractivity contribution in [2.75, 3.05) is 0 Å². The smallest absolute Gasteiger partial charge is 0.387 e. The highest BCUT2D eigenvalue weighted by Gasteiger charge is 2.13. The zero-order chi connectivity index (χ0) is 13.1. The van der Waals surface area contributed by atoms with E-state index in [9.17, 15) is 13.6 Å². The van der Waals surface area contributed by atoms with Crippen molar-refractivity contribution in [1.29, 1.82) is 0 Å². The molecular weight excluding hydrogens is 258 g/mol. The van der Waals surface area contributed by atoms with Crippen LogP contribution in [0.25, 0.3) is 0 Å². The fourth-order valence-electron chi connectivity index (χ4n) is 1.52. The van der Waals surface area contributed by atoms with Gasteiger partial charge in [-0.3, -0.25) is 4.79 Å². The molecular formula is C13H10F2O2S. The minimum Gasteiger partial charge on any atom is -0.435 e. The van der Waals surface area contributed by atoms with Gasteiger partial charge >= 0.3 is 6.61 Å². The van der Waals surface area contributed by atoms with Gasteiger partial charge in [0, 0.05) is 5.56 Å². The summed E-state index contributed by atoms with van der Waals surface area (Å²) in [5.41, 5.74) is 1.38. The summed E-state index contributed by atoms with van der Waals surface area (Å²) < 4.78 is 28.2. The van der Waals surface area contributed by atoms with Crippen LogP contribution in [-0.4, -0.2) is 12.4 Å². The molecule has 0 fully saturated rings. The SMILES string of the molecule is Cc1ccsc1C(=O)c1ccc(OC(F)F)cc1. The van der Waals surface area contributed by atoms with Crippen molar-refractivity contribution in [2.24, 2.45) is 0 Å². The summed E-state index contributed by atoms with van der Waals surface area (Å²) in [6.45, 7) is -0.996. The van der Waals surface area contributed by atoms with E-state index in [0.717, 1.165) is 5.56 Å². The molecule has 1 aromatic heterocycles. The standard InChI is InChI=1S/C13H10F2O2S/c1-8-6-7-18-12(8)11(16)9-2-4-10(5-3-9)17-13(14)15/h2-7,13H,1H3. The van der Waals surface area contributed by atoms with Gasteiger partial charge in [-0.1, -0.05) is 0 Å². The lowest BCUT2D eigenvalue weighted by atomic mass is 10.1. The number of hydrogen-bond acceptors (Lipinski definition) is 3. The minimum absolute atomic E-state index is 0.0458. The predicted octanol–water partition coefficient (Wildman–Crippen LogP) is 3.89. The van der Waals surface area contributed by atoms with Crippen LogP contribution in [0.2, 0.25) is 0 Å². The lowest BCUT2D eigenvalue weighted by Crippen LogP contribution is -2.03. The first-order valence-electron chi connectivity index (χ1n) is 5.21. The number of halogens is 2. The van der Waals surface area contributed by atoms with E-state index in [1.807, 2.05) is 18.4 Å². The van der Waals surface area contributed by atoms with Gasteiger partial charge in [0.25, 0.3) is 0 Å². The van der Waals surface area contributed by atoms with E-state index < -0.39 is 6.61 Å². The number of hydrogen-bond donors (Lipinski definition) is 0. The topological polar surface area (TPSA) is 26.3 Å². The normalized spacial score (nSPS) is 10.7. The third-order valence-electron chi connectivity index (χ3n) is 2.41. The van der Waals surface area contributed by atoms with Gasteiger partial charge in [0.05, 0.1) is 4.88 Å². The van der Waals surface area contributed by atoms with Crippen molar-refractivity contribution >= 4 is 17.1 Å². The molecule has 0 unspecified atom stereocenters. The maximum Gasteiger partial charge on any atom is 0.387 e. The Hall–Kier alpha value is -1.75. The van der Waals surface area contributed by atoms with E-state index in [1.54, 1.807) is 0 Å². The molecule has 0 bridgehead atoms. The largest absolute Gasteiger partial charge is 0.435 e. The Morgan fingerprint density at radius 1 is 1.22 bits per heavy atom. The Balaban J connectivity index is 2.20. The summed E-state index contributed by atoms with van der Waals surface area (Å²) in [6.07, 6.45) is 0. The average Bonchev–Trinajstić information content (AvgIpc) is 2.75. The third kappa shape index (κ3) is 2.73. The van der Waals surface area contributed by atoms with Gasteiger partial charge in [0.15, 0.2) is 0 Å². The minimum atomic E-state index is -2.86. The van der Waals surface area contributed by atoms with Gasteiger partial charge in [-0.2, -0.15) is 8.78 Å². The van der Waals surface area contributed by atoms with Gasteiger partial charge in [-0.25, -0.2) is 0 Å². The highest BCUT2D eigenvalue weighted by atomic mass is 32.1. The lowest BCUT2D eigenvalue weighted by molar-refractivity contribution is -0.0498. The fraction of sp³-hybridized carbons (Fsp3) is 0.154. The molecule has 0 saturated carbocycles. The summed E-state index contributed by atoms with van der Waals surface area (Å²) in [5.74, 6) is -0.0597. The molecule has 94 valence electrons. The molecule has 2 aromatic rings. The van der Waals surface area contributed by atoms with E-state index in [-0.39, 0.29) is 11.5 Å². The Bertz CT molecular complexity index is 546. The number of benzene rings is 1. The number of ether oxygens (including phenoxy) is 1. The monoisotopic (exact) mass is 268 g/mol. The van der Waals surface area contributed by atoms with Gasteiger partial charge in [-0.15, -0.1) is 11.3 Å². The van der Waals surface area contributed by atoms with E-state index in [1.165, 1.54) is 35.6 Å². The van der Waals surface area contributed by atoms with Crippen LogP contribution in [0.3, 0.4) is 0 Å². The number of carbonyl (C=O) groups is 1. The highest BCUT2D eigenvalue weighted by molar-refractivity contribution is 7.12. The zero-order valence-electron chi connectivity index (χ0n) is 9.52. The Labute approximate surface area is 107 Å². The zero-order valence-corrected chi connectivity index (χ0v) is 10.3. The van der Waals surface area contributed by atoms with Crippen molar-refractivity contribution in [3.05, 3.63) is 51.7 Å². The van der Waals surface area contributed by atoms with Crippen molar-refractivity contribution in [2.45, 2.75) is 13.5 Å². The third-order valence-corrected chi connectivity index (χ3v) is 3.43. The molecule has 2 nitrogen and oxygen atoms in total. The van der Waals surface area contributed by atoms with Gasteiger partial charge in [0.2, 0.25) is 5.78 Å². The summed E-state index contributed by atoms with van der Waals surface area (Å²) in [7, 11) is 0. The van der Waals surface area contributed by atoms with Crippen LogP contribution in [0.4, 0.5) is 8.78 Å². The molecule has 0 amide bonds. The highest BCUT2D eigenvalue weighted by Crippen LogP contribution is 2.22. The number of carbonyl (C=O) groups excluding carboxylic acids is 1. The summed E-state index contributed by atoms with van der Waals surface area (Å²) in [4.78, 5) is 12.7. The number of ketones is 1. The second-order valence-corrected chi connectivity index (χ2v) is 4.58. The molecule has 0 atom stereocenters. The number of rotatable bonds is 4. The van der Waals surface area contributed by atoms with E-state index in [2.05, 4.69) is 4.74 Å². The number of thiophene rings is 1. The van der Waals surface area contributed by atoms with E-state index in [0.29, 0.717) is 10.4 Å². The lowest BCUT2D eigenvalue weighted by Gasteiger charge is -2.05. The van der Waals surface area contributed by atoms with Crippen LogP contribution < -0.4 is 4.74 Å². The molecule has 0 aliphatic carbocycles. The van der Waals surface area contributed by atoms with Gasteiger partial charge in [0.1, 0.15) is 5.75 Å². The van der Waals surface area contributed by atoms with Crippen molar-refractivity contribution in [1.82, 2.24) is 0 Å². The molecule has 0 saturated heterocycles. The first-order valence-corrected chi connectivity index (χ1v) is 6.09. The van der Waals surface area contributed by atoms with Crippen LogP contribution in [0, 0.1) is 6.92 Å². The molecule has 0 N–H and O–H groups in total. The van der Waals surface area contributed by atoms with Crippen LogP contribution >= 0.6 is 11.3 Å². The van der Waals surface area contributed by atoms with Gasteiger partial charge in [-0.05, 0) is 48.2 Å². The molecule has 0 aliphatic rings. The molecule has 18 heavy (non-hydrogen) atoms. The molecule has 0 aliphatic heterocycles. The summed E-state index contributed by atoms with van der Waals surface area (Å²) in [5, 5.41) is 1.84. The second kappa shape index (κ2) is 5.27. The van der Waals surface area contributed by atoms with Gasteiger partial charge < -0.3 is 4.74 Å². The molecule has 1 aromatic carbocycles. The molecule has 5 heteroatoms. The van der Waals surface area contributed by atoms with Crippen LogP contribution in [0.1, 0.15) is 20.8 Å². The Morgan fingerprint density at radius 3 is 2.39 bits per heavy atom. The average molecular weight is 268 g/mol. The Kier molecular flexibility index (Phi) is 3.72. The Morgan fingerprint density at radius 2 is 1.89 bits per heavy atom. The molecule has 0 spiro atoms. The predicted molar refractivity (Wildman–Crippen MR) is 65.6 cm³/mol.